The van der Waals surface area contributed by atoms with Crippen LogP contribution in [0.3, 0.4) is 0 Å². The molecule has 0 radical (unpaired) electrons. The zero-order valence-electron chi connectivity index (χ0n) is 5.86. The molecule has 0 spiro atoms. The van der Waals surface area contributed by atoms with Gasteiger partial charge in [0.1, 0.15) is 0 Å². The Labute approximate surface area is 63.3 Å². The SMILES string of the molecule is O=C(O)C1=NOC(CO)CC1. The van der Waals surface area contributed by atoms with E-state index in [2.05, 4.69) is 9.99 Å². The predicted molar refractivity (Wildman–Crippen MR) is 36.3 cm³/mol. The molecule has 5 heteroatoms. The number of carboxylic acids is 1. The van der Waals surface area contributed by atoms with Crippen molar-refractivity contribution in [3.05, 3.63) is 0 Å². The fraction of sp³-hybridized carbons (Fsp3) is 0.667. The van der Waals surface area contributed by atoms with Crippen LogP contribution in [0.2, 0.25) is 0 Å². The van der Waals surface area contributed by atoms with E-state index in [-0.39, 0.29) is 18.4 Å². The van der Waals surface area contributed by atoms with E-state index in [0.29, 0.717) is 12.8 Å². The van der Waals surface area contributed by atoms with E-state index in [1.165, 1.54) is 0 Å². The van der Waals surface area contributed by atoms with Gasteiger partial charge in [0, 0.05) is 6.42 Å². The largest absolute Gasteiger partial charge is 0.477 e. The third-order valence-corrected chi connectivity index (χ3v) is 1.47. The highest BCUT2D eigenvalue weighted by Gasteiger charge is 2.20. The van der Waals surface area contributed by atoms with Crippen LogP contribution < -0.4 is 0 Å². The van der Waals surface area contributed by atoms with E-state index in [1.807, 2.05) is 0 Å². The fourth-order valence-electron chi connectivity index (χ4n) is 0.805. The highest BCUT2D eigenvalue weighted by Crippen LogP contribution is 2.10. The number of carboxylic acid groups (broad SMARTS) is 1. The summed E-state index contributed by atoms with van der Waals surface area (Å²) in [5.41, 5.74) is 0.0229. The van der Waals surface area contributed by atoms with Gasteiger partial charge < -0.3 is 15.1 Å². The third kappa shape index (κ3) is 1.91. The normalized spacial score (nSPS) is 23.7. The van der Waals surface area contributed by atoms with Crippen LogP contribution in [0, 0.1) is 0 Å². The van der Waals surface area contributed by atoms with Gasteiger partial charge in [-0.3, -0.25) is 0 Å². The van der Waals surface area contributed by atoms with Crippen molar-refractivity contribution in [1.82, 2.24) is 0 Å². The molecule has 0 aromatic rings. The fourth-order valence-corrected chi connectivity index (χ4v) is 0.805. The van der Waals surface area contributed by atoms with Gasteiger partial charge in [0.05, 0.1) is 6.61 Å². The lowest BCUT2D eigenvalue weighted by Gasteiger charge is -2.16. The lowest BCUT2D eigenvalue weighted by atomic mass is 10.1. The van der Waals surface area contributed by atoms with Crippen LogP contribution in [0.4, 0.5) is 0 Å². The number of oxime groups is 1. The van der Waals surface area contributed by atoms with Gasteiger partial charge in [-0.05, 0) is 6.42 Å². The monoisotopic (exact) mass is 159 g/mol. The third-order valence-electron chi connectivity index (χ3n) is 1.47. The van der Waals surface area contributed by atoms with Crippen LogP contribution >= 0.6 is 0 Å². The second kappa shape index (κ2) is 3.34. The Morgan fingerprint density at radius 2 is 2.55 bits per heavy atom. The number of aliphatic hydroxyl groups excluding tert-OH is 1. The zero-order chi connectivity index (χ0) is 8.27. The molecule has 1 atom stereocenters. The minimum atomic E-state index is -1.05. The number of aliphatic hydroxyl groups is 1. The minimum Gasteiger partial charge on any atom is -0.477 e. The van der Waals surface area contributed by atoms with E-state index >= 15 is 0 Å². The van der Waals surface area contributed by atoms with Crippen LogP contribution in [-0.4, -0.2) is 34.6 Å². The number of carbonyl (C=O) groups is 1. The maximum Gasteiger partial charge on any atom is 0.353 e. The summed E-state index contributed by atoms with van der Waals surface area (Å²) in [6, 6.07) is 0. The Balaban J connectivity index is 2.50. The average Bonchev–Trinajstić information content (AvgIpc) is 2.05. The van der Waals surface area contributed by atoms with Crippen LogP contribution in [-0.2, 0) is 9.63 Å². The van der Waals surface area contributed by atoms with E-state index in [4.69, 9.17) is 10.2 Å². The molecule has 2 N–H and O–H groups in total. The number of nitrogens with zero attached hydrogens (tertiary/aromatic N) is 1. The Morgan fingerprint density at radius 3 is 2.91 bits per heavy atom. The van der Waals surface area contributed by atoms with Crippen LogP contribution in [0.5, 0.6) is 0 Å². The number of aliphatic carboxylic acids is 1. The summed E-state index contributed by atoms with van der Waals surface area (Å²) in [6.07, 6.45) is 0.542. The number of rotatable bonds is 2. The van der Waals surface area contributed by atoms with Crippen molar-refractivity contribution in [1.29, 1.82) is 0 Å². The van der Waals surface area contributed by atoms with Crippen molar-refractivity contribution >= 4 is 11.7 Å². The molecule has 1 rings (SSSR count). The maximum absolute atomic E-state index is 10.3. The molecular formula is C6H9NO4. The van der Waals surface area contributed by atoms with Crippen LogP contribution in [0.15, 0.2) is 5.16 Å². The molecule has 0 bridgehead atoms. The Kier molecular flexibility index (Phi) is 2.43. The molecule has 1 aliphatic rings. The summed E-state index contributed by atoms with van der Waals surface area (Å²) in [4.78, 5) is 14.9. The average molecular weight is 159 g/mol. The van der Waals surface area contributed by atoms with Crippen molar-refractivity contribution in [2.45, 2.75) is 18.9 Å². The first-order valence-electron chi connectivity index (χ1n) is 3.31. The number of hydrogen-bond acceptors (Lipinski definition) is 4. The van der Waals surface area contributed by atoms with Gasteiger partial charge in [0.15, 0.2) is 11.8 Å². The molecule has 0 amide bonds. The van der Waals surface area contributed by atoms with Gasteiger partial charge in [-0.1, -0.05) is 5.16 Å². The summed E-state index contributed by atoms with van der Waals surface area (Å²) in [5, 5.41) is 20.3. The molecule has 1 aliphatic heterocycles. The zero-order valence-corrected chi connectivity index (χ0v) is 5.86. The minimum absolute atomic E-state index is 0.0229. The second-order valence-corrected chi connectivity index (χ2v) is 2.29. The maximum atomic E-state index is 10.3. The standard InChI is InChI=1S/C6H9NO4/c8-3-4-1-2-5(6(9)10)7-11-4/h4,8H,1-3H2,(H,9,10). The summed E-state index contributed by atoms with van der Waals surface area (Å²) in [6.45, 7) is -0.115. The van der Waals surface area contributed by atoms with Crippen molar-refractivity contribution in [3.8, 4) is 0 Å². The lowest BCUT2D eigenvalue weighted by Crippen LogP contribution is -2.26. The van der Waals surface area contributed by atoms with Crippen LogP contribution in [0.1, 0.15) is 12.8 Å². The summed E-state index contributed by atoms with van der Waals surface area (Å²) < 4.78 is 0. The van der Waals surface area contributed by atoms with Gasteiger partial charge in [-0.25, -0.2) is 4.79 Å². The molecule has 0 saturated heterocycles. The van der Waals surface area contributed by atoms with E-state index in [1.54, 1.807) is 0 Å². The molecule has 1 unspecified atom stereocenters. The van der Waals surface area contributed by atoms with E-state index in [0.717, 1.165) is 0 Å². The lowest BCUT2D eigenvalue weighted by molar-refractivity contribution is -0.130. The van der Waals surface area contributed by atoms with Crippen molar-refractivity contribution < 1.29 is 19.8 Å². The van der Waals surface area contributed by atoms with Gasteiger partial charge in [-0.2, -0.15) is 0 Å². The second-order valence-electron chi connectivity index (χ2n) is 2.29. The predicted octanol–water partition coefficient (Wildman–Crippen LogP) is -0.402. The number of hydrogen-bond donors (Lipinski definition) is 2. The first-order chi connectivity index (χ1) is 5.24. The quantitative estimate of drug-likeness (QED) is 0.574. The topological polar surface area (TPSA) is 79.1 Å². The summed E-state index contributed by atoms with van der Waals surface area (Å²) in [7, 11) is 0. The summed E-state index contributed by atoms with van der Waals surface area (Å²) in [5.74, 6) is -1.05. The van der Waals surface area contributed by atoms with Gasteiger partial charge in [-0.15, -0.1) is 0 Å². The Hall–Kier alpha value is -1.10. The van der Waals surface area contributed by atoms with E-state index in [9.17, 15) is 4.79 Å². The first-order valence-corrected chi connectivity index (χ1v) is 3.31. The molecule has 5 nitrogen and oxygen atoms in total. The Morgan fingerprint density at radius 1 is 1.82 bits per heavy atom. The highest BCUT2D eigenvalue weighted by atomic mass is 16.6. The van der Waals surface area contributed by atoms with Gasteiger partial charge in [0.2, 0.25) is 0 Å². The molecule has 1 heterocycles. The van der Waals surface area contributed by atoms with Crippen molar-refractivity contribution in [2.75, 3.05) is 6.61 Å². The van der Waals surface area contributed by atoms with Crippen molar-refractivity contribution in [3.63, 3.8) is 0 Å². The Bertz CT molecular complexity index is 189. The van der Waals surface area contributed by atoms with Crippen molar-refractivity contribution in [2.24, 2.45) is 5.16 Å². The molecule has 0 aromatic heterocycles. The highest BCUT2D eigenvalue weighted by molar-refractivity contribution is 6.35. The molecule has 62 valence electrons. The molecular weight excluding hydrogens is 150 g/mol. The van der Waals surface area contributed by atoms with Crippen LogP contribution in [0.25, 0.3) is 0 Å². The van der Waals surface area contributed by atoms with Gasteiger partial charge in [0.25, 0.3) is 0 Å². The molecule has 0 aromatic carbocycles. The molecule has 11 heavy (non-hydrogen) atoms. The smallest absolute Gasteiger partial charge is 0.353 e. The molecule has 0 saturated carbocycles. The summed E-state index contributed by atoms with van der Waals surface area (Å²) >= 11 is 0. The van der Waals surface area contributed by atoms with Gasteiger partial charge >= 0.3 is 5.97 Å². The van der Waals surface area contributed by atoms with E-state index < -0.39 is 5.97 Å². The molecule has 0 aliphatic carbocycles. The molecule has 0 fully saturated rings. The first kappa shape index (κ1) is 8.00.